The van der Waals surface area contributed by atoms with Gasteiger partial charge in [-0.2, -0.15) is 26.3 Å². The highest BCUT2D eigenvalue weighted by molar-refractivity contribution is 7.26. The van der Waals surface area contributed by atoms with Gasteiger partial charge in [0.05, 0.1) is 11.1 Å². The lowest BCUT2D eigenvalue weighted by atomic mass is 9.85. The van der Waals surface area contributed by atoms with Crippen molar-refractivity contribution in [1.29, 1.82) is 0 Å². The first-order valence-corrected chi connectivity index (χ1v) is 20.5. The van der Waals surface area contributed by atoms with Crippen LogP contribution in [0, 0.1) is 0 Å². The van der Waals surface area contributed by atoms with E-state index in [1.165, 1.54) is 0 Å². The first-order valence-electron chi connectivity index (χ1n) is 19.7. The summed E-state index contributed by atoms with van der Waals surface area (Å²) >= 11 is 1.73. The van der Waals surface area contributed by atoms with Crippen molar-refractivity contribution in [3.63, 3.8) is 0 Å². The van der Waals surface area contributed by atoms with E-state index in [-0.39, 0.29) is 0 Å². The highest BCUT2D eigenvalue weighted by Gasteiger charge is 2.31. The Morgan fingerprint density at radius 1 is 0.295 bits per heavy atom. The Hall–Kier alpha value is -6.96. The van der Waals surface area contributed by atoms with E-state index >= 15 is 0 Å². The summed E-state index contributed by atoms with van der Waals surface area (Å²) in [5.74, 6) is 0. The van der Waals surface area contributed by atoms with Crippen LogP contribution in [0.25, 0.3) is 108 Å². The standard InChI is InChI=1S/C54H30F6S/c55-53(56,57)34-25-20-31(21-26-34)48-36-10-1-3-12-38(36)50(39-13-4-2-11-37(39)48)33-24-29-47-46(30-33)44-18-9-19-45(52(44)61-47)51-42-16-7-5-14-40(42)49(41-15-6-8-17-43(41)51)32-22-27-35(28-23-32)54(58,59)60/h1-30H. The van der Waals surface area contributed by atoms with Gasteiger partial charge in [0, 0.05) is 25.7 Å². The molecule has 0 nitrogen and oxygen atoms in total. The summed E-state index contributed by atoms with van der Waals surface area (Å²) in [5, 5.41) is 10.0. The lowest BCUT2D eigenvalue weighted by Gasteiger charge is -2.18. The maximum atomic E-state index is 13.6. The van der Waals surface area contributed by atoms with Crippen molar-refractivity contribution in [2.75, 3.05) is 0 Å². The molecule has 0 aliphatic heterocycles. The Bertz CT molecular complexity index is 3430. The van der Waals surface area contributed by atoms with Crippen LogP contribution >= 0.6 is 11.3 Å². The third kappa shape index (κ3) is 5.98. The number of rotatable bonds is 4. The highest BCUT2D eigenvalue weighted by atomic mass is 32.1. The van der Waals surface area contributed by atoms with Crippen LogP contribution in [0.15, 0.2) is 182 Å². The fraction of sp³-hybridized carbons (Fsp3) is 0.0370. The van der Waals surface area contributed by atoms with Gasteiger partial charge in [0.15, 0.2) is 0 Å². The van der Waals surface area contributed by atoms with E-state index in [4.69, 9.17) is 0 Å². The van der Waals surface area contributed by atoms with E-state index in [2.05, 4.69) is 60.7 Å². The fourth-order valence-corrected chi connectivity index (χ4v) is 10.5. The first-order chi connectivity index (χ1) is 29.5. The average Bonchev–Trinajstić information content (AvgIpc) is 3.65. The first kappa shape index (κ1) is 37.1. The molecule has 0 amide bonds. The summed E-state index contributed by atoms with van der Waals surface area (Å²) in [7, 11) is 0. The topological polar surface area (TPSA) is 0 Å². The maximum Gasteiger partial charge on any atom is 0.416 e. The van der Waals surface area contributed by atoms with Crippen LogP contribution in [-0.4, -0.2) is 0 Å². The molecule has 0 unspecified atom stereocenters. The van der Waals surface area contributed by atoms with Crippen molar-refractivity contribution in [1.82, 2.24) is 0 Å². The predicted octanol–water partition coefficient (Wildman–Crippen LogP) is 17.4. The number of alkyl halides is 6. The smallest absolute Gasteiger partial charge is 0.166 e. The van der Waals surface area contributed by atoms with Crippen molar-refractivity contribution in [3.05, 3.63) is 193 Å². The van der Waals surface area contributed by atoms with E-state index in [9.17, 15) is 26.3 Å². The van der Waals surface area contributed by atoms with Gasteiger partial charge in [-0.05, 0) is 118 Å². The van der Waals surface area contributed by atoms with Gasteiger partial charge >= 0.3 is 12.4 Å². The highest BCUT2D eigenvalue weighted by Crippen LogP contribution is 2.50. The van der Waals surface area contributed by atoms with E-state index in [1.807, 2.05) is 72.8 Å². The molecule has 1 heterocycles. The SMILES string of the molecule is FC(F)(F)c1ccc(-c2c3ccccc3c(-c3ccc4sc5c(-c6c7ccccc7c(-c7ccc(C(F)(F)F)cc7)c7ccccc67)cccc5c4c3)c3ccccc23)cc1. The zero-order chi connectivity index (χ0) is 41.6. The molecule has 294 valence electrons. The van der Waals surface area contributed by atoms with Gasteiger partial charge in [0.1, 0.15) is 0 Å². The van der Waals surface area contributed by atoms with Crippen LogP contribution in [0.4, 0.5) is 26.3 Å². The minimum absolute atomic E-state index is 0.683. The van der Waals surface area contributed by atoms with Crippen LogP contribution < -0.4 is 0 Å². The molecule has 0 atom stereocenters. The molecule has 7 heteroatoms. The Morgan fingerprint density at radius 2 is 0.639 bits per heavy atom. The molecule has 11 rings (SSSR count). The monoisotopic (exact) mass is 824 g/mol. The lowest BCUT2D eigenvalue weighted by Crippen LogP contribution is -2.04. The van der Waals surface area contributed by atoms with Crippen LogP contribution in [0.3, 0.4) is 0 Å². The zero-order valence-electron chi connectivity index (χ0n) is 32.0. The molecule has 1 aromatic heterocycles. The van der Waals surface area contributed by atoms with Crippen molar-refractivity contribution in [3.8, 4) is 44.5 Å². The molecule has 61 heavy (non-hydrogen) atoms. The minimum atomic E-state index is -4.43. The molecular formula is C54H30F6S. The average molecular weight is 825 g/mol. The maximum absolute atomic E-state index is 13.6. The molecule has 11 aromatic rings. The molecule has 0 aliphatic rings. The van der Waals surface area contributed by atoms with Crippen molar-refractivity contribution < 1.29 is 26.3 Å². The largest absolute Gasteiger partial charge is 0.416 e. The second-order valence-corrected chi connectivity index (χ2v) is 16.4. The van der Waals surface area contributed by atoms with E-state index in [0.29, 0.717) is 11.1 Å². The van der Waals surface area contributed by atoms with E-state index in [0.717, 1.165) is 121 Å². The van der Waals surface area contributed by atoms with Gasteiger partial charge < -0.3 is 0 Å². The molecular weight excluding hydrogens is 795 g/mol. The number of thiophene rings is 1. The summed E-state index contributed by atoms with van der Waals surface area (Å²) in [6, 6.07) is 56.3. The molecule has 0 fully saturated rings. The lowest BCUT2D eigenvalue weighted by molar-refractivity contribution is -0.138. The molecule has 0 radical (unpaired) electrons. The van der Waals surface area contributed by atoms with Gasteiger partial charge in [-0.3, -0.25) is 0 Å². The summed E-state index contributed by atoms with van der Waals surface area (Å²) in [5.41, 5.74) is 6.06. The molecule has 0 saturated heterocycles. The second-order valence-electron chi connectivity index (χ2n) is 15.3. The summed E-state index contributed by atoms with van der Waals surface area (Å²) in [6.07, 6.45) is -8.86. The van der Waals surface area contributed by atoms with Crippen molar-refractivity contribution >= 4 is 74.6 Å². The Kier molecular flexibility index (Phi) is 8.38. The molecule has 0 saturated carbocycles. The third-order valence-corrected chi connectivity index (χ3v) is 13.1. The van der Waals surface area contributed by atoms with Crippen LogP contribution in [0.5, 0.6) is 0 Å². The van der Waals surface area contributed by atoms with Crippen molar-refractivity contribution in [2.24, 2.45) is 0 Å². The van der Waals surface area contributed by atoms with Crippen LogP contribution in [-0.2, 0) is 12.4 Å². The fourth-order valence-electron chi connectivity index (χ4n) is 9.28. The number of hydrogen-bond acceptors (Lipinski definition) is 1. The number of halogens is 6. The van der Waals surface area contributed by atoms with Crippen molar-refractivity contribution in [2.45, 2.75) is 12.4 Å². The van der Waals surface area contributed by atoms with E-state index < -0.39 is 23.5 Å². The Balaban J connectivity index is 1.12. The molecule has 0 N–H and O–H groups in total. The third-order valence-electron chi connectivity index (χ3n) is 11.9. The van der Waals surface area contributed by atoms with Gasteiger partial charge in [0.25, 0.3) is 0 Å². The molecule has 0 aliphatic carbocycles. The zero-order valence-corrected chi connectivity index (χ0v) is 32.8. The van der Waals surface area contributed by atoms with Crippen LogP contribution in [0.1, 0.15) is 11.1 Å². The minimum Gasteiger partial charge on any atom is -0.166 e. The normalized spacial score (nSPS) is 12.4. The molecule has 0 spiro atoms. The second kappa shape index (κ2) is 13.8. The Labute approximate surface area is 349 Å². The summed E-state index contributed by atoms with van der Waals surface area (Å²) in [6.45, 7) is 0. The molecule has 10 aromatic carbocycles. The van der Waals surface area contributed by atoms with Gasteiger partial charge in [-0.1, -0.05) is 146 Å². The van der Waals surface area contributed by atoms with Gasteiger partial charge in [-0.25, -0.2) is 0 Å². The Morgan fingerprint density at radius 3 is 1.03 bits per heavy atom. The van der Waals surface area contributed by atoms with Gasteiger partial charge in [-0.15, -0.1) is 11.3 Å². The number of hydrogen-bond donors (Lipinski definition) is 0. The summed E-state index contributed by atoms with van der Waals surface area (Å²) in [4.78, 5) is 0. The van der Waals surface area contributed by atoms with E-state index in [1.54, 1.807) is 35.6 Å². The predicted molar refractivity (Wildman–Crippen MR) is 241 cm³/mol. The van der Waals surface area contributed by atoms with Gasteiger partial charge in [0.2, 0.25) is 0 Å². The summed E-state index contributed by atoms with van der Waals surface area (Å²) < 4.78 is 83.7. The van der Waals surface area contributed by atoms with Crippen LogP contribution in [0.2, 0.25) is 0 Å². The number of fused-ring (bicyclic) bond motifs is 7. The number of benzene rings is 10. The quantitative estimate of drug-likeness (QED) is 0.123. The molecule has 0 bridgehead atoms.